The number of rotatable bonds is 7. The summed E-state index contributed by atoms with van der Waals surface area (Å²) in [5.74, 6) is 0.0614. The molecule has 0 aliphatic carbocycles. The van der Waals surface area contributed by atoms with E-state index in [1.165, 1.54) is 0 Å². The van der Waals surface area contributed by atoms with Gasteiger partial charge in [-0.3, -0.25) is 4.79 Å². The summed E-state index contributed by atoms with van der Waals surface area (Å²) >= 11 is 1.66. The van der Waals surface area contributed by atoms with Gasteiger partial charge in [0.05, 0.1) is 5.69 Å². The third kappa shape index (κ3) is 5.25. The quantitative estimate of drug-likeness (QED) is 0.765. The summed E-state index contributed by atoms with van der Waals surface area (Å²) in [6.07, 6.45) is 1.38. The van der Waals surface area contributed by atoms with Gasteiger partial charge in [-0.2, -0.15) is 0 Å². The number of hydrogen-bond acceptors (Lipinski definition) is 3. The van der Waals surface area contributed by atoms with E-state index >= 15 is 0 Å². The highest BCUT2D eigenvalue weighted by molar-refractivity contribution is 7.99. The van der Waals surface area contributed by atoms with Gasteiger partial charge in [0.2, 0.25) is 5.91 Å². The minimum Gasteiger partial charge on any atom is -0.325 e. The molecule has 0 spiro atoms. The lowest BCUT2D eigenvalue weighted by Crippen LogP contribution is -2.15. The van der Waals surface area contributed by atoms with Crippen molar-refractivity contribution >= 4 is 23.4 Å². The van der Waals surface area contributed by atoms with Crippen molar-refractivity contribution < 1.29 is 4.79 Å². The first-order valence-electron chi connectivity index (χ1n) is 7.06. The number of nitrogens with one attached hydrogen (secondary N) is 2. The molecule has 0 saturated carbocycles. The van der Waals surface area contributed by atoms with E-state index in [1.807, 2.05) is 49.5 Å². The second kappa shape index (κ2) is 8.49. The Hall–Kier alpha value is -1.78. The minimum atomic E-state index is 0.0614. The number of carbonyl (C=O) groups excluding carboxylic acids is 1. The number of amides is 1. The van der Waals surface area contributed by atoms with E-state index < -0.39 is 0 Å². The van der Waals surface area contributed by atoms with Crippen LogP contribution in [-0.4, -0.2) is 19.5 Å². The molecule has 1 amide bonds. The van der Waals surface area contributed by atoms with Crippen LogP contribution in [0.4, 0.5) is 5.69 Å². The van der Waals surface area contributed by atoms with Crippen molar-refractivity contribution in [2.45, 2.75) is 22.6 Å². The van der Waals surface area contributed by atoms with Crippen LogP contribution in [0.5, 0.6) is 0 Å². The largest absolute Gasteiger partial charge is 0.325 e. The lowest BCUT2D eigenvalue weighted by atomic mass is 10.2. The number of carbonyl (C=O) groups is 1. The van der Waals surface area contributed by atoms with Gasteiger partial charge in [0, 0.05) is 16.2 Å². The van der Waals surface area contributed by atoms with E-state index in [0.29, 0.717) is 6.42 Å². The van der Waals surface area contributed by atoms with Crippen molar-refractivity contribution in [1.82, 2.24) is 5.32 Å². The van der Waals surface area contributed by atoms with Crippen molar-refractivity contribution in [3.05, 3.63) is 54.6 Å². The van der Waals surface area contributed by atoms with Gasteiger partial charge in [0.1, 0.15) is 0 Å². The van der Waals surface area contributed by atoms with Crippen molar-refractivity contribution in [3.63, 3.8) is 0 Å². The maximum Gasteiger partial charge on any atom is 0.224 e. The zero-order chi connectivity index (χ0) is 14.9. The lowest BCUT2D eigenvalue weighted by molar-refractivity contribution is -0.116. The molecule has 0 bridgehead atoms. The van der Waals surface area contributed by atoms with Gasteiger partial charge in [-0.1, -0.05) is 42.1 Å². The Kier molecular flexibility index (Phi) is 6.31. The van der Waals surface area contributed by atoms with Crippen LogP contribution >= 0.6 is 11.8 Å². The average molecular weight is 300 g/mol. The molecule has 3 nitrogen and oxygen atoms in total. The maximum absolute atomic E-state index is 11.9. The molecule has 0 radical (unpaired) electrons. The van der Waals surface area contributed by atoms with Crippen LogP contribution in [0.3, 0.4) is 0 Å². The Labute approximate surface area is 130 Å². The van der Waals surface area contributed by atoms with Gasteiger partial charge in [-0.25, -0.2) is 0 Å². The monoisotopic (exact) mass is 300 g/mol. The summed E-state index contributed by atoms with van der Waals surface area (Å²) in [4.78, 5) is 14.2. The van der Waals surface area contributed by atoms with Crippen LogP contribution in [-0.2, 0) is 4.79 Å². The minimum absolute atomic E-state index is 0.0614. The summed E-state index contributed by atoms with van der Waals surface area (Å²) in [7, 11) is 1.89. The third-order valence-corrected chi connectivity index (χ3v) is 4.05. The molecule has 0 unspecified atom stereocenters. The molecular formula is C17H20N2OS. The second-order valence-electron chi connectivity index (χ2n) is 4.67. The van der Waals surface area contributed by atoms with Gasteiger partial charge in [-0.05, 0) is 44.3 Å². The molecule has 0 aliphatic heterocycles. The molecule has 0 aliphatic rings. The van der Waals surface area contributed by atoms with Crippen LogP contribution in [0.1, 0.15) is 12.8 Å². The van der Waals surface area contributed by atoms with E-state index in [0.717, 1.165) is 28.4 Å². The van der Waals surface area contributed by atoms with Gasteiger partial charge < -0.3 is 10.6 Å². The molecule has 2 aromatic rings. The van der Waals surface area contributed by atoms with Gasteiger partial charge in [0.15, 0.2) is 0 Å². The summed E-state index contributed by atoms with van der Waals surface area (Å²) in [6.45, 7) is 0.855. The van der Waals surface area contributed by atoms with Crippen molar-refractivity contribution in [3.8, 4) is 0 Å². The number of anilines is 1. The fraction of sp³-hybridized carbons (Fsp3) is 0.235. The van der Waals surface area contributed by atoms with Crippen molar-refractivity contribution in [1.29, 1.82) is 0 Å². The third-order valence-electron chi connectivity index (χ3n) is 2.96. The van der Waals surface area contributed by atoms with Crippen LogP contribution in [0.15, 0.2) is 64.4 Å². The van der Waals surface area contributed by atoms with Crippen LogP contribution < -0.4 is 10.6 Å². The first-order chi connectivity index (χ1) is 10.3. The number of benzene rings is 2. The fourth-order valence-corrected chi connectivity index (χ4v) is 2.84. The van der Waals surface area contributed by atoms with E-state index in [4.69, 9.17) is 0 Å². The molecule has 2 aromatic carbocycles. The molecule has 2 N–H and O–H groups in total. The zero-order valence-electron chi connectivity index (χ0n) is 12.1. The summed E-state index contributed by atoms with van der Waals surface area (Å²) < 4.78 is 0. The molecule has 0 aromatic heterocycles. The van der Waals surface area contributed by atoms with Gasteiger partial charge >= 0.3 is 0 Å². The Morgan fingerprint density at radius 2 is 1.76 bits per heavy atom. The summed E-state index contributed by atoms with van der Waals surface area (Å²) in [6, 6.07) is 18.1. The topological polar surface area (TPSA) is 41.1 Å². The highest BCUT2D eigenvalue weighted by atomic mass is 32.2. The number of hydrogen-bond donors (Lipinski definition) is 2. The maximum atomic E-state index is 11.9. The molecule has 4 heteroatoms. The molecule has 110 valence electrons. The molecule has 0 atom stereocenters. The zero-order valence-corrected chi connectivity index (χ0v) is 13.0. The van der Waals surface area contributed by atoms with E-state index in [-0.39, 0.29) is 5.91 Å². The molecule has 0 heterocycles. The second-order valence-corrected chi connectivity index (χ2v) is 5.78. The normalized spacial score (nSPS) is 10.3. The van der Waals surface area contributed by atoms with Crippen molar-refractivity contribution in [2.24, 2.45) is 0 Å². The molecule has 21 heavy (non-hydrogen) atoms. The predicted octanol–water partition coefficient (Wildman–Crippen LogP) is 3.78. The van der Waals surface area contributed by atoms with Crippen LogP contribution in [0.2, 0.25) is 0 Å². The van der Waals surface area contributed by atoms with Crippen molar-refractivity contribution in [2.75, 3.05) is 18.9 Å². The van der Waals surface area contributed by atoms with Crippen LogP contribution in [0, 0.1) is 0 Å². The highest BCUT2D eigenvalue weighted by Gasteiger charge is 2.07. The van der Waals surface area contributed by atoms with Gasteiger partial charge in [-0.15, -0.1) is 0 Å². The fourth-order valence-electron chi connectivity index (χ4n) is 1.91. The Morgan fingerprint density at radius 1 is 1.05 bits per heavy atom. The number of para-hydroxylation sites is 1. The van der Waals surface area contributed by atoms with E-state index in [1.54, 1.807) is 11.8 Å². The predicted molar refractivity (Wildman–Crippen MR) is 88.8 cm³/mol. The highest BCUT2D eigenvalue weighted by Crippen LogP contribution is 2.33. The molecule has 0 saturated heterocycles. The Balaban J connectivity index is 2.01. The Morgan fingerprint density at radius 3 is 2.52 bits per heavy atom. The molecular weight excluding hydrogens is 280 g/mol. The summed E-state index contributed by atoms with van der Waals surface area (Å²) in [5, 5.41) is 6.05. The average Bonchev–Trinajstić information content (AvgIpc) is 2.51. The van der Waals surface area contributed by atoms with Gasteiger partial charge in [0.25, 0.3) is 0 Å². The van der Waals surface area contributed by atoms with Crippen LogP contribution in [0.25, 0.3) is 0 Å². The first-order valence-corrected chi connectivity index (χ1v) is 7.87. The molecule has 2 rings (SSSR count). The SMILES string of the molecule is CNCCCC(=O)Nc1ccccc1Sc1ccccc1. The summed E-state index contributed by atoms with van der Waals surface area (Å²) in [5.41, 5.74) is 0.876. The van der Waals surface area contributed by atoms with E-state index in [9.17, 15) is 4.79 Å². The lowest BCUT2D eigenvalue weighted by Gasteiger charge is -2.10. The smallest absolute Gasteiger partial charge is 0.224 e. The Bertz CT molecular complexity index is 572. The first kappa shape index (κ1) is 15.6. The molecule has 0 fully saturated rings. The standard InChI is InChI=1S/C17H20N2OS/c1-18-13-7-12-17(20)19-15-10-5-6-11-16(15)21-14-8-3-2-4-9-14/h2-6,8-11,18H,7,12-13H2,1H3,(H,19,20). The van der Waals surface area contributed by atoms with E-state index in [2.05, 4.69) is 22.8 Å².